The highest BCUT2D eigenvalue weighted by Gasteiger charge is 2.18. The van der Waals surface area contributed by atoms with Crippen molar-refractivity contribution in [3.05, 3.63) is 113 Å². The molecule has 5 aromatic rings. The molecule has 0 saturated carbocycles. The molecule has 236 valence electrons. The van der Waals surface area contributed by atoms with Gasteiger partial charge >= 0.3 is 0 Å². The van der Waals surface area contributed by atoms with Crippen LogP contribution < -0.4 is 20.5 Å². The summed E-state index contributed by atoms with van der Waals surface area (Å²) < 4.78 is 12.3. The van der Waals surface area contributed by atoms with Crippen LogP contribution in [0.15, 0.2) is 79.0 Å². The molecule has 0 unspecified atom stereocenters. The Morgan fingerprint density at radius 2 is 1.53 bits per heavy atom. The molecule has 3 heterocycles. The van der Waals surface area contributed by atoms with Gasteiger partial charge < -0.3 is 20.5 Å². The van der Waals surface area contributed by atoms with E-state index in [-0.39, 0.29) is 11.4 Å². The van der Waals surface area contributed by atoms with Gasteiger partial charge in [0.2, 0.25) is 0 Å². The third-order valence-electron chi connectivity index (χ3n) is 7.09. The fourth-order valence-corrected chi connectivity index (χ4v) is 4.66. The number of H-pyrrole nitrogens is 1. The van der Waals surface area contributed by atoms with E-state index in [4.69, 9.17) is 15.2 Å². The monoisotopic (exact) mass is 609 g/mol. The average molecular weight is 610 g/mol. The van der Waals surface area contributed by atoms with E-state index in [9.17, 15) is 4.79 Å². The number of carbonyl (C=O) groups excluding carboxylic acids is 1. The maximum atomic E-state index is 12.2. The van der Waals surface area contributed by atoms with Crippen LogP contribution >= 0.6 is 0 Å². The SMILES string of the molecule is COc1cccc(CCc2cc(N)n(C(C)(C)C)n2)c1.COc1cccc(CCc2cc(NC(=O)c3ccc(C)nc3)n[nH]2)c1. The van der Waals surface area contributed by atoms with E-state index in [1.54, 1.807) is 32.5 Å². The van der Waals surface area contributed by atoms with Crippen LogP contribution in [0, 0.1) is 6.92 Å². The van der Waals surface area contributed by atoms with Crippen LogP contribution in [0.2, 0.25) is 0 Å². The van der Waals surface area contributed by atoms with Gasteiger partial charge in [-0.3, -0.25) is 14.9 Å². The highest BCUT2D eigenvalue weighted by atomic mass is 16.5. The molecule has 0 spiro atoms. The van der Waals surface area contributed by atoms with Crippen LogP contribution in [0.5, 0.6) is 11.5 Å². The maximum Gasteiger partial charge on any atom is 0.258 e. The Morgan fingerprint density at radius 3 is 2.09 bits per heavy atom. The van der Waals surface area contributed by atoms with Crippen LogP contribution in [-0.2, 0) is 31.2 Å². The zero-order valence-electron chi connectivity index (χ0n) is 26.9. The van der Waals surface area contributed by atoms with Gasteiger partial charge in [-0.15, -0.1) is 0 Å². The number of ether oxygens (including phenoxy) is 2. The maximum absolute atomic E-state index is 12.2. The number of nitrogens with two attached hydrogens (primary N) is 1. The number of aryl methyl sites for hydroxylation is 5. The summed E-state index contributed by atoms with van der Waals surface area (Å²) in [5.41, 5.74) is 11.7. The quantitative estimate of drug-likeness (QED) is 0.172. The average Bonchev–Trinajstić information content (AvgIpc) is 3.65. The molecule has 0 aliphatic rings. The molecule has 4 N–H and O–H groups in total. The summed E-state index contributed by atoms with van der Waals surface area (Å²) in [6.07, 6.45) is 5.01. The van der Waals surface area contributed by atoms with Crippen molar-refractivity contribution >= 4 is 17.5 Å². The van der Waals surface area contributed by atoms with E-state index < -0.39 is 0 Å². The third-order valence-corrected chi connectivity index (χ3v) is 7.09. The normalized spacial score (nSPS) is 11.0. The number of hydrogen-bond donors (Lipinski definition) is 3. The zero-order chi connectivity index (χ0) is 32.4. The first-order chi connectivity index (χ1) is 21.5. The number of rotatable bonds is 10. The zero-order valence-corrected chi connectivity index (χ0v) is 26.9. The number of hydrogen-bond acceptors (Lipinski definition) is 7. The van der Waals surface area contributed by atoms with E-state index in [0.29, 0.717) is 11.4 Å². The van der Waals surface area contributed by atoms with Gasteiger partial charge in [-0.05, 0) is 101 Å². The number of carbonyl (C=O) groups is 1. The summed E-state index contributed by atoms with van der Waals surface area (Å²) in [6.45, 7) is 8.18. The summed E-state index contributed by atoms with van der Waals surface area (Å²) in [5.74, 6) is 2.74. The second-order valence-corrected chi connectivity index (χ2v) is 11.8. The lowest BCUT2D eigenvalue weighted by Crippen LogP contribution is -2.24. The van der Waals surface area contributed by atoms with Crippen LogP contribution in [0.3, 0.4) is 0 Å². The fraction of sp³-hybridized carbons (Fsp3) is 0.314. The molecule has 0 radical (unpaired) electrons. The molecule has 3 aromatic heterocycles. The minimum Gasteiger partial charge on any atom is -0.497 e. The smallest absolute Gasteiger partial charge is 0.258 e. The Balaban J connectivity index is 0.000000210. The van der Waals surface area contributed by atoms with Crippen molar-refractivity contribution < 1.29 is 14.3 Å². The number of methoxy groups -OCH3 is 2. The Kier molecular flexibility index (Phi) is 11.0. The molecule has 5 rings (SSSR count). The number of amides is 1. The molecule has 10 nitrogen and oxygen atoms in total. The number of aromatic nitrogens is 5. The molecule has 0 aliphatic carbocycles. The molecule has 0 atom stereocenters. The van der Waals surface area contributed by atoms with Gasteiger partial charge in [0.25, 0.3) is 5.91 Å². The number of aromatic amines is 1. The molecule has 10 heteroatoms. The minimum absolute atomic E-state index is 0.0850. The Bertz CT molecular complexity index is 1680. The number of pyridine rings is 1. The van der Waals surface area contributed by atoms with Crippen molar-refractivity contribution in [2.24, 2.45) is 0 Å². The fourth-order valence-electron chi connectivity index (χ4n) is 4.66. The lowest BCUT2D eigenvalue weighted by Gasteiger charge is -2.20. The van der Waals surface area contributed by atoms with Crippen molar-refractivity contribution in [1.82, 2.24) is 25.0 Å². The first-order valence-electron chi connectivity index (χ1n) is 14.9. The lowest BCUT2D eigenvalue weighted by atomic mass is 10.1. The molecule has 0 saturated heterocycles. The predicted octanol–water partition coefficient (Wildman–Crippen LogP) is 6.17. The van der Waals surface area contributed by atoms with Gasteiger partial charge in [0.15, 0.2) is 5.82 Å². The number of nitrogen functional groups attached to an aromatic ring is 1. The lowest BCUT2D eigenvalue weighted by molar-refractivity contribution is 0.102. The molecule has 2 aromatic carbocycles. The molecular formula is C35H43N7O3. The van der Waals surface area contributed by atoms with Gasteiger partial charge in [-0.1, -0.05) is 24.3 Å². The molecule has 45 heavy (non-hydrogen) atoms. The van der Waals surface area contributed by atoms with Crippen LogP contribution in [-0.4, -0.2) is 45.1 Å². The van der Waals surface area contributed by atoms with Gasteiger partial charge in [0.05, 0.1) is 31.0 Å². The largest absolute Gasteiger partial charge is 0.497 e. The number of benzene rings is 2. The van der Waals surface area contributed by atoms with Crippen molar-refractivity contribution in [1.29, 1.82) is 0 Å². The van der Waals surface area contributed by atoms with Gasteiger partial charge in [-0.2, -0.15) is 10.2 Å². The van der Waals surface area contributed by atoms with E-state index in [2.05, 4.69) is 64.6 Å². The second kappa shape index (κ2) is 15.1. The van der Waals surface area contributed by atoms with E-state index in [1.807, 2.05) is 54.1 Å². The number of nitrogens with one attached hydrogen (secondary N) is 2. The molecular weight excluding hydrogens is 566 g/mol. The highest BCUT2D eigenvalue weighted by Crippen LogP contribution is 2.21. The summed E-state index contributed by atoms with van der Waals surface area (Å²) in [4.78, 5) is 16.3. The van der Waals surface area contributed by atoms with E-state index in [1.165, 1.54) is 11.1 Å². The molecule has 0 aliphatic heterocycles. The van der Waals surface area contributed by atoms with Gasteiger partial charge in [0, 0.05) is 29.7 Å². The van der Waals surface area contributed by atoms with Crippen molar-refractivity contribution in [3.63, 3.8) is 0 Å². The van der Waals surface area contributed by atoms with Crippen LogP contribution in [0.25, 0.3) is 0 Å². The number of anilines is 2. The third kappa shape index (κ3) is 9.69. The van der Waals surface area contributed by atoms with Gasteiger partial charge in [0.1, 0.15) is 17.3 Å². The topological polar surface area (TPSA) is 133 Å². The van der Waals surface area contributed by atoms with E-state index >= 15 is 0 Å². The standard InChI is InChI=1S/C19H20N4O2.C16H23N3O/c1-13-6-8-15(12-20-13)19(24)21-18-11-16(22-23-18)9-7-14-4-3-5-17(10-14)25-2;1-16(2,3)19-15(17)11-13(18-19)9-8-12-6-5-7-14(10-12)20-4/h3-6,8,10-12H,7,9H2,1-2H3,(H2,21,22,23,24);5-7,10-11H,8-9,17H2,1-4H3. The Hall–Kier alpha value is -5.12. The first kappa shape index (κ1) is 32.8. The van der Waals surface area contributed by atoms with Crippen molar-refractivity contribution in [2.75, 3.05) is 25.3 Å². The summed E-state index contributed by atoms with van der Waals surface area (Å²) in [5, 5.41) is 14.5. The minimum atomic E-state index is -0.224. The van der Waals surface area contributed by atoms with Crippen molar-refractivity contribution in [3.8, 4) is 11.5 Å². The van der Waals surface area contributed by atoms with Crippen molar-refractivity contribution in [2.45, 2.75) is 58.9 Å². The molecule has 0 bridgehead atoms. The van der Waals surface area contributed by atoms with Crippen LogP contribution in [0.1, 0.15) is 59.3 Å². The predicted molar refractivity (Wildman–Crippen MR) is 178 cm³/mol. The first-order valence-corrected chi connectivity index (χ1v) is 14.9. The molecule has 1 amide bonds. The van der Waals surface area contributed by atoms with E-state index in [0.717, 1.165) is 60.1 Å². The summed E-state index contributed by atoms with van der Waals surface area (Å²) >= 11 is 0. The summed E-state index contributed by atoms with van der Waals surface area (Å²) in [6, 6.07) is 23.5. The molecule has 0 fully saturated rings. The van der Waals surface area contributed by atoms with Gasteiger partial charge in [-0.25, -0.2) is 4.68 Å². The highest BCUT2D eigenvalue weighted by molar-refractivity contribution is 6.03. The second-order valence-electron chi connectivity index (χ2n) is 11.8. The summed E-state index contributed by atoms with van der Waals surface area (Å²) in [7, 11) is 3.34. The number of nitrogens with zero attached hydrogens (tertiary/aromatic N) is 4. The van der Waals surface area contributed by atoms with Crippen LogP contribution in [0.4, 0.5) is 11.6 Å². The Morgan fingerprint density at radius 1 is 0.889 bits per heavy atom. The Labute approximate surface area is 265 Å².